The molecule has 128 valence electrons. The zero-order valence-corrected chi connectivity index (χ0v) is 15.9. The molecule has 0 unspecified atom stereocenters. The molecule has 0 amide bonds. The molecule has 0 aliphatic rings. The first-order valence-electron chi connectivity index (χ1n) is 8.63. The average molecular weight is 412 g/mol. The van der Waals surface area contributed by atoms with Crippen molar-refractivity contribution < 1.29 is 0 Å². The van der Waals surface area contributed by atoms with E-state index in [2.05, 4.69) is 73.3 Å². The minimum atomic E-state index is 0.925. The fraction of sp³-hybridized carbons (Fsp3) is 0. The molecule has 0 saturated heterocycles. The number of nitrogens with zero attached hydrogens (tertiary/aromatic N) is 3. The molecule has 5 rings (SSSR count). The molecule has 0 bridgehead atoms. The van der Waals surface area contributed by atoms with E-state index in [4.69, 9.17) is 0 Å². The second-order valence-electron chi connectivity index (χ2n) is 6.37. The Hall–Kier alpha value is -3.11. The molecule has 3 nitrogen and oxygen atoms in total. The number of hydrogen-bond donors (Lipinski definition) is 0. The highest BCUT2D eigenvalue weighted by molar-refractivity contribution is 9.10. The van der Waals surface area contributed by atoms with Gasteiger partial charge in [0.05, 0.1) is 11.0 Å². The summed E-state index contributed by atoms with van der Waals surface area (Å²) in [7, 11) is 0. The van der Waals surface area contributed by atoms with Crippen molar-refractivity contribution in [2.75, 3.05) is 0 Å². The van der Waals surface area contributed by atoms with Gasteiger partial charge in [0.1, 0.15) is 0 Å². The van der Waals surface area contributed by atoms with Gasteiger partial charge < -0.3 is 0 Å². The lowest BCUT2D eigenvalue weighted by Gasteiger charge is -2.12. The molecule has 5 aromatic rings. The summed E-state index contributed by atoms with van der Waals surface area (Å²) in [6.07, 6.45) is 7.31. The third-order valence-corrected chi connectivity index (χ3v) is 5.12. The van der Waals surface area contributed by atoms with E-state index in [1.54, 1.807) is 6.20 Å². The highest BCUT2D eigenvalue weighted by Gasteiger charge is 2.12. The number of benzene rings is 2. The van der Waals surface area contributed by atoms with E-state index in [0.29, 0.717) is 0 Å². The Morgan fingerprint density at radius 1 is 0.667 bits per heavy atom. The minimum Gasteiger partial charge on any atom is -0.264 e. The summed E-state index contributed by atoms with van der Waals surface area (Å²) in [4.78, 5) is 13.4. The molecular weight excluding hydrogens is 398 g/mol. The Morgan fingerprint density at radius 3 is 2.30 bits per heavy atom. The van der Waals surface area contributed by atoms with Gasteiger partial charge in [-0.3, -0.25) is 15.0 Å². The van der Waals surface area contributed by atoms with Crippen molar-refractivity contribution in [3.05, 3.63) is 89.9 Å². The number of pyridine rings is 3. The van der Waals surface area contributed by atoms with Gasteiger partial charge in [-0.25, -0.2) is 0 Å². The topological polar surface area (TPSA) is 38.7 Å². The highest BCUT2D eigenvalue weighted by Crippen LogP contribution is 2.36. The Labute approximate surface area is 164 Å². The molecule has 27 heavy (non-hydrogen) atoms. The van der Waals surface area contributed by atoms with Gasteiger partial charge in [-0.05, 0) is 59.2 Å². The van der Waals surface area contributed by atoms with Gasteiger partial charge in [0.15, 0.2) is 0 Å². The van der Waals surface area contributed by atoms with Crippen molar-refractivity contribution >= 4 is 37.7 Å². The van der Waals surface area contributed by atoms with Crippen molar-refractivity contribution in [3.63, 3.8) is 0 Å². The predicted molar refractivity (Wildman–Crippen MR) is 113 cm³/mol. The van der Waals surface area contributed by atoms with E-state index in [1.807, 2.05) is 36.8 Å². The van der Waals surface area contributed by atoms with E-state index >= 15 is 0 Å². The lowest BCUT2D eigenvalue weighted by atomic mass is 9.95. The molecular formula is C23H14BrN3. The van der Waals surface area contributed by atoms with Crippen LogP contribution >= 0.6 is 15.9 Å². The minimum absolute atomic E-state index is 0.925. The van der Waals surface area contributed by atoms with Crippen LogP contribution in [0.15, 0.2) is 89.9 Å². The van der Waals surface area contributed by atoms with E-state index in [9.17, 15) is 0 Å². The smallest absolute Gasteiger partial charge is 0.0970 e. The largest absolute Gasteiger partial charge is 0.264 e. The van der Waals surface area contributed by atoms with Crippen molar-refractivity contribution in [3.8, 4) is 22.3 Å². The summed E-state index contributed by atoms with van der Waals surface area (Å²) in [5.41, 5.74) is 6.34. The van der Waals surface area contributed by atoms with Gasteiger partial charge in [-0.1, -0.05) is 34.1 Å². The summed E-state index contributed by atoms with van der Waals surface area (Å²) in [5.74, 6) is 0. The number of hydrogen-bond acceptors (Lipinski definition) is 3. The molecule has 0 N–H and O–H groups in total. The van der Waals surface area contributed by atoms with Crippen LogP contribution in [0.4, 0.5) is 0 Å². The predicted octanol–water partition coefficient (Wildman–Crippen LogP) is 6.27. The molecule has 0 saturated carbocycles. The molecule has 2 aromatic carbocycles. The van der Waals surface area contributed by atoms with Crippen molar-refractivity contribution in [2.24, 2.45) is 0 Å². The summed E-state index contributed by atoms with van der Waals surface area (Å²) in [5, 5.41) is 2.18. The van der Waals surface area contributed by atoms with Crippen LogP contribution in [-0.2, 0) is 0 Å². The van der Waals surface area contributed by atoms with Gasteiger partial charge >= 0.3 is 0 Å². The van der Waals surface area contributed by atoms with Crippen LogP contribution in [0.1, 0.15) is 0 Å². The molecule has 0 fully saturated rings. The Balaban J connectivity index is 1.82. The van der Waals surface area contributed by atoms with E-state index in [-0.39, 0.29) is 0 Å². The Morgan fingerprint density at radius 2 is 1.44 bits per heavy atom. The first-order valence-corrected chi connectivity index (χ1v) is 9.43. The normalized spacial score (nSPS) is 11.1. The molecule has 3 aromatic heterocycles. The first-order chi connectivity index (χ1) is 13.3. The van der Waals surface area contributed by atoms with Crippen molar-refractivity contribution in [1.82, 2.24) is 15.0 Å². The van der Waals surface area contributed by atoms with E-state index in [0.717, 1.165) is 48.5 Å². The molecule has 0 aliphatic carbocycles. The highest BCUT2D eigenvalue weighted by atomic mass is 79.9. The van der Waals surface area contributed by atoms with E-state index < -0.39 is 0 Å². The van der Waals surface area contributed by atoms with Gasteiger partial charge in [-0.2, -0.15) is 0 Å². The Bertz CT molecular complexity index is 1280. The lowest BCUT2D eigenvalue weighted by molar-refractivity contribution is 1.33. The van der Waals surface area contributed by atoms with Gasteiger partial charge in [0.25, 0.3) is 0 Å². The third kappa shape index (κ3) is 2.88. The van der Waals surface area contributed by atoms with Crippen molar-refractivity contribution in [1.29, 1.82) is 0 Å². The second kappa shape index (κ2) is 6.56. The summed E-state index contributed by atoms with van der Waals surface area (Å²) < 4.78 is 1.03. The average Bonchev–Trinajstić information content (AvgIpc) is 2.73. The maximum Gasteiger partial charge on any atom is 0.0970 e. The van der Waals surface area contributed by atoms with Gasteiger partial charge in [-0.15, -0.1) is 0 Å². The molecule has 0 aliphatic heterocycles. The van der Waals surface area contributed by atoms with Crippen LogP contribution in [0, 0.1) is 0 Å². The fourth-order valence-electron chi connectivity index (χ4n) is 3.46. The molecule has 0 spiro atoms. The summed E-state index contributed by atoms with van der Waals surface area (Å²) in [6, 6.07) is 20.8. The SMILES string of the molecule is Brc1cc(-c2cccnc2)cc(-c2cc3cccnc3c3ncccc23)c1. The number of aromatic nitrogens is 3. The standard InChI is InChI=1S/C23H14BrN3/c24-19-11-17(16-5-1-7-25-14-16)10-18(12-19)21-13-15-4-2-8-26-22(15)23-20(21)6-3-9-27-23/h1-14H. The summed E-state index contributed by atoms with van der Waals surface area (Å²) in [6.45, 7) is 0. The first kappa shape index (κ1) is 16.1. The fourth-order valence-corrected chi connectivity index (χ4v) is 3.95. The number of rotatable bonds is 2. The van der Waals surface area contributed by atoms with Crippen LogP contribution in [0.3, 0.4) is 0 Å². The van der Waals surface area contributed by atoms with Crippen molar-refractivity contribution in [2.45, 2.75) is 0 Å². The van der Waals surface area contributed by atoms with Crippen LogP contribution in [0.25, 0.3) is 44.1 Å². The zero-order chi connectivity index (χ0) is 18.2. The third-order valence-electron chi connectivity index (χ3n) is 4.66. The monoisotopic (exact) mass is 411 g/mol. The zero-order valence-electron chi connectivity index (χ0n) is 14.3. The molecule has 3 heterocycles. The molecule has 0 atom stereocenters. The van der Waals surface area contributed by atoms with Crippen LogP contribution in [-0.4, -0.2) is 15.0 Å². The molecule has 4 heteroatoms. The molecule has 0 radical (unpaired) electrons. The number of fused-ring (bicyclic) bond motifs is 3. The second-order valence-corrected chi connectivity index (χ2v) is 7.28. The quantitative estimate of drug-likeness (QED) is 0.321. The van der Waals surface area contributed by atoms with Gasteiger partial charge in [0.2, 0.25) is 0 Å². The van der Waals surface area contributed by atoms with Crippen LogP contribution in [0.2, 0.25) is 0 Å². The summed E-state index contributed by atoms with van der Waals surface area (Å²) >= 11 is 3.67. The maximum atomic E-state index is 4.61. The lowest BCUT2D eigenvalue weighted by Crippen LogP contribution is -1.89. The maximum absolute atomic E-state index is 4.61. The number of halogens is 1. The van der Waals surface area contributed by atoms with E-state index in [1.165, 1.54) is 0 Å². The van der Waals surface area contributed by atoms with Gasteiger partial charge in [0, 0.05) is 45.6 Å². The van der Waals surface area contributed by atoms with Crippen LogP contribution in [0.5, 0.6) is 0 Å². The van der Waals surface area contributed by atoms with Crippen LogP contribution < -0.4 is 0 Å². The Kier molecular flexibility index (Phi) is 3.91.